The van der Waals surface area contributed by atoms with Crippen molar-refractivity contribution in [1.82, 2.24) is 9.80 Å². The molecule has 503 valence electrons. The number of fused-ring (bicyclic) bond motifs is 6. The SMILES string of the molecule is CCCCCCCCCCCCCCCCN1C(=O)c2c(c(-c3cc4sc(Br)cc4s3)c(Cl)c(Cl)c2-c2cc3sc(Br)cc3s2)C1=O.CCCCCCCCCCCCCCCCN1C(=O)c2c(c(-c3cc4sccc4s3)c(Cl)c(Cl)c2-c2cc3sccc3s2)C1=O.[B]=NS. The number of thiol groups is 1. The number of carbonyl (C=O) groups excluding carboxylic acids is 4. The summed E-state index contributed by atoms with van der Waals surface area (Å²) in [5.74, 6) is -1.05. The number of nitrogens with zero attached hydrogens (tertiary/aromatic N) is 3. The Morgan fingerprint density at radius 3 is 0.842 bits per heavy atom. The Bertz CT molecular complexity index is 3950. The van der Waals surface area contributed by atoms with Gasteiger partial charge in [0.05, 0.1) is 49.9 Å². The van der Waals surface area contributed by atoms with Gasteiger partial charge in [-0.2, -0.15) is 0 Å². The topological polar surface area (TPSA) is 87.1 Å². The summed E-state index contributed by atoms with van der Waals surface area (Å²) < 4.78 is 13.7. The van der Waals surface area contributed by atoms with Crippen molar-refractivity contribution in [2.24, 2.45) is 4.30 Å². The van der Waals surface area contributed by atoms with Gasteiger partial charge in [-0.15, -0.1) is 90.7 Å². The van der Waals surface area contributed by atoms with Gasteiger partial charge in [-0.3, -0.25) is 29.0 Å². The molecule has 8 aromatic heterocycles. The van der Waals surface area contributed by atoms with Gasteiger partial charge in [0.15, 0.2) is 0 Å². The number of halogens is 6. The van der Waals surface area contributed by atoms with E-state index in [4.69, 9.17) is 46.4 Å². The average molecular weight is 1650 g/mol. The molecule has 4 amide bonds. The second-order valence-electron chi connectivity index (χ2n) is 24.4. The number of amides is 4. The van der Waals surface area contributed by atoms with E-state index in [1.807, 2.05) is 0 Å². The zero-order valence-electron chi connectivity index (χ0n) is 53.5. The molecule has 0 aliphatic carbocycles. The molecule has 95 heavy (non-hydrogen) atoms. The van der Waals surface area contributed by atoms with Gasteiger partial charge in [-0.25, -0.2) is 0 Å². The van der Waals surface area contributed by atoms with E-state index >= 15 is 0 Å². The summed E-state index contributed by atoms with van der Waals surface area (Å²) in [5, 5.41) is 5.45. The van der Waals surface area contributed by atoms with E-state index in [9.17, 15) is 19.2 Å². The second kappa shape index (κ2) is 37.0. The molecule has 0 fully saturated rings. The minimum atomic E-state index is -0.270. The van der Waals surface area contributed by atoms with Gasteiger partial charge >= 0.3 is 24.8 Å². The van der Waals surface area contributed by atoms with Crippen molar-refractivity contribution in [3.8, 4) is 41.8 Å². The Kier molecular flexibility index (Phi) is 29.4. The number of hydrogen-bond acceptors (Lipinski definition) is 14. The maximum absolute atomic E-state index is 14.2. The molecule has 12 rings (SSSR count). The van der Waals surface area contributed by atoms with Crippen molar-refractivity contribution in [3.05, 3.63) is 109 Å². The summed E-state index contributed by atoms with van der Waals surface area (Å²) in [6.45, 7) is 5.35. The predicted octanol–water partition coefficient (Wildman–Crippen LogP) is 29.6. The normalized spacial score (nSPS) is 13.0. The van der Waals surface area contributed by atoms with Crippen molar-refractivity contribution in [2.45, 2.75) is 194 Å². The minimum absolute atomic E-state index is 0.255. The third-order valence-electron chi connectivity index (χ3n) is 17.7. The van der Waals surface area contributed by atoms with Crippen LogP contribution in [0.2, 0.25) is 20.1 Å². The molecule has 2 aromatic carbocycles. The van der Waals surface area contributed by atoms with Crippen molar-refractivity contribution >= 4 is 251 Å². The second-order valence-corrected chi connectivity index (χ2v) is 37.3. The quantitative estimate of drug-likeness (QED) is 0.0188. The molecule has 0 spiro atoms. The van der Waals surface area contributed by atoms with Gasteiger partial charge in [0.2, 0.25) is 0 Å². The molecular formula is C72H77BBr2Cl4N3O4S9. The predicted molar refractivity (Wildman–Crippen MR) is 432 cm³/mol. The standard InChI is InChI=1S/C36H37Br2Cl2NO2S4.C36H39Cl2NO2S4.BHNS/c1-2-3-4-5-6-7-8-9-10-11-12-13-14-15-16-41-35(42)31-29(25-17-21-23(44-25)19-27(37)46-21)33(39)34(40)30(32(31)36(41)43)26-18-22-24(45-26)20-28(38)47-22;1-2-3-4-5-6-7-8-9-10-11-12-13-14-15-18-39-35(40)31-29(27-21-25-23(44-27)16-19-42-25)33(37)34(38)30(32(31)36(39)41)28-22-26-24(45-28)17-20-43-26;1-2-3/h17-20H,2-16H2,1H3;16-17,19-22H,2-15,18H2,1H3;3H. The molecule has 0 saturated carbocycles. The fourth-order valence-corrected chi connectivity index (χ4v) is 24.7. The van der Waals surface area contributed by atoms with Crippen LogP contribution in [0.25, 0.3) is 79.4 Å². The van der Waals surface area contributed by atoms with Crippen LogP contribution >= 0.6 is 182 Å². The third kappa shape index (κ3) is 18.1. The summed E-state index contributed by atoms with van der Waals surface area (Å²) in [6.07, 6.45) is 35.2. The summed E-state index contributed by atoms with van der Waals surface area (Å²) in [7, 11) is 4.34. The summed E-state index contributed by atoms with van der Waals surface area (Å²) >= 11 is 51.4. The summed E-state index contributed by atoms with van der Waals surface area (Å²) in [6, 6.07) is 16.5. The Morgan fingerprint density at radius 1 is 0.358 bits per heavy atom. The molecule has 7 nitrogen and oxygen atoms in total. The Balaban J connectivity index is 0.000000199. The van der Waals surface area contributed by atoms with Gasteiger partial charge in [0.25, 0.3) is 23.6 Å². The van der Waals surface area contributed by atoms with Crippen molar-refractivity contribution in [1.29, 1.82) is 0 Å². The molecule has 1 radical (unpaired) electrons. The number of thiophene rings is 8. The number of carbonyl (C=O) groups is 4. The van der Waals surface area contributed by atoms with Crippen LogP contribution in [0.15, 0.2) is 71.2 Å². The van der Waals surface area contributed by atoms with Crippen LogP contribution in [0, 0.1) is 0 Å². The number of unbranched alkanes of at least 4 members (excludes halogenated alkanes) is 26. The Hall–Kier alpha value is -2.31. The van der Waals surface area contributed by atoms with Crippen LogP contribution < -0.4 is 0 Å². The van der Waals surface area contributed by atoms with Crippen LogP contribution in [0.1, 0.15) is 235 Å². The Labute approximate surface area is 634 Å². The van der Waals surface area contributed by atoms with Crippen LogP contribution in [0.5, 0.6) is 0 Å². The number of rotatable bonds is 34. The van der Waals surface area contributed by atoms with Crippen molar-refractivity contribution in [2.75, 3.05) is 13.1 Å². The van der Waals surface area contributed by atoms with E-state index in [0.717, 1.165) is 103 Å². The number of benzene rings is 2. The van der Waals surface area contributed by atoms with Crippen LogP contribution in [0.4, 0.5) is 0 Å². The molecule has 10 heterocycles. The van der Waals surface area contributed by atoms with Crippen LogP contribution in [-0.2, 0) is 0 Å². The molecular weight excluding hydrogens is 1570 g/mol. The molecule has 0 unspecified atom stereocenters. The van der Waals surface area contributed by atoms with E-state index in [0.29, 0.717) is 77.7 Å². The van der Waals surface area contributed by atoms with Gasteiger partial charge in [0.1, 0.15) is 0 Å². The monoisotopic (exact) mass is 1640 g/mol. The van der Waals surface area contributed by atoms with Gasteiger partial charge < -0.3 is 0 Å². The van der Waals surface area contributed by atoms with E-state index in [1.165, 1.54) is 151 Å². The first-order valence-corrected chi connectivity index (χ1v) is 43.5. The van der Waals surface area contributed by atoms with Crippen LogP contribution in [0.3, 0.4) is 0 Å². The molecule has 0 saturated heterocycles. The van der Waals surface area contributed by atoms with E-state index < -0.39 is 0 Å². The van der Waals surface area contributed by atoms with E-state index in [1.54, 1.807) is 90.7 Å². The number of hydrogen-bond donors (Lipinski definition) is 1. The first-order chi connectivity index (χ1) is 46.2. The van der Waals surface area contributed by atoms with Gasteiger partial charge in [0, 0.05) is 92.5 Å². The Morgan fingerprint density at radius 2 is 0.589 bits per heavy atom. The molecule has 2 aliphatic rings. The molecule has 0 bridgehead atoms. The van der Waals surface area contributed by atoms with E-state index in [2.05, 4.69) is 130 Å². The molecule has 0 atom stereocenters. The average Bonchev–Trinajstić information content (AvgIpc) is 1.59. The number of imide groups is 2. The first-order valence-electron chi connectivity index (χ1n) is 33.4. The van der Waals surface area contributed by atoms with Crippen LogP contribution in [-0.4, -0.2) is 54.2 Å². The van der Waals surface area contributed by atoms with Crippen molar-refractivity contribution < 1.29 is 19.2 Å². The zero-order chi connectivity index (χ0) is 67.1. The summed E-state index contributed by atoms with van der Waals surface area (Å²) in [5.41, 5.74) is 3.90. The molecule has 2 aliphatic heterocycles. The maximum atomic E-state index is 14.2. The first kappa shape index (κ1) is 75.4. The summed E-state index contributed by atoms with van der Waals surface area (Å²) in [4.78, 5) is 62.9. The van der Waals surface area contributed by atoms with Gasteiger partial charge in [-0.1, -0.05) is 227 Å². The fourth-order valence-electron chi connectivity index (χ4n) is 12.9. The van der Waals surface area contributed by atoms with E-state index in [-0.39, 0.29) is 23.6 Å². The zero-order valence-corrected chi connectivity index (χ0v) is 67.1. The third-order valence-corrected chi connectivity index (χ3v) is 29.2. The molecule has 23 heteroatoms. The van der Waals surface area contributed by atoms with Crippen molar-refractivity contribution in [3.63, 3.8) is 0 Å². The van der Waals surface area contributed by atoms with Gasteiger partial charge in [-0.05, 0) is 104 Å². The fraction of sp³-hybridized carbons (Fsp3) is 0.444. The molecule has 10 aromatic rings. The molecule has 0 N–H and O–H groups in total.